The summed E-state index contributed by atoms with van der Waals surface area (Å²) < 4.78 is 5.67. The van der Waals surface area contributed by atoms with Crippen LogP contribution < -0.4 is 5.32 Å². The number of nitrogens with zero attached hydrogens (tertiary/aromatic N) is 1. The van der Waals surface area contributed by atoms with E-state index in [9.17, 15) is 4.79 Å². The molecule has 0 bridgehead atoms. The Morgan fingerprint density at radius 3 is 2.60 bits per heavy atom. The first kappa shape index (κ1) is 10.9. The Morgan fingerprint density at radius 2 is 2.07 bits per heavy atom. The molecule has 3 atom stereocenters. The van der Waals surface area contributed by atoms with Gasteiger partial charge in [-0.15, -0.1) is 0 Å². The number of hydrogen-bond donors (Lipinski definition) is 1. The van der Waals surface area contributed by atoms with Crippen LogP contribution in [0.5, 0.6) is 0 Å². The van der Waals surface area contributed by atoms with Crippen molar-refractivity contribution in [3.8, 4) is 0 Å². The fourth-order valence-electron chi connectivity index (χ4n) is 2.56. The third kappa shape index (κ3) is 2.92. The standard InChI is InChI=1S/C11H20N2O2/c1-8-5-13(6-9(2)15-8)7-10-3-4-11(14)12-10/h8-10H,3-7H2,1-2H3,(H,12,14). The predicted molar refractivity (Wildman–Crippen MR) is 57.6 cm³/mol. The summed E-state index contributed by atoms with van der Waals surface area (Å²) in [5.41, 5.74) is 0. The van der Waals surface area contributed by atoms with Crippen molar-refractivity contribution >= 4 is 5.91 Å². The summed E-state index contributed by atoms with van der Waals surface area (Å²) in [6, 6.07) is 0.356. The van der Waals surface area contributed by atoms with E-state index in [1.54, 1.807) is 0 Å². The molecule has 1 amide bonds. The fraction of sp³-hybridized carbons (Fsp3) is 0.909. The summed E-state index contributed by atoms with van der Waals surface area (Å²) in [4.78, 5) is 13.5. The number of nitrogens with one attached hydrogen (secondary N) is 1. The van der Waals surface area contributed by atoms with Gasteiger partial charge in [0.1, 0.15) is 0 Å². The van der Waals surface area contributed by atoms with Gasteiger partial charge in [-0.25, -0.2) is 0 Å². The molecule has 1 N–H and O–H groups in total. The van der Waals surface area contributed by atoms with Crippen LogP contribution in [-0.2, 0) is 9.53 Å². The molecule has 0 aromatic carbocycles. The van der Waals surface area contributed by atoms with Crippen molar-refractivity contribution in [2.45, 2.75) is 44.9 Å². The van der Waals surface area contributed by atoms with Gasteiger partial charge in [0, 0.05) is 32.1 Å². The van der Waals surface area contributed by atoms with Gasteiger partial charge < -0.3 is 10.1 Å². The summed E-state index contributed by atoms with van der Waals surface area (Å²) in [5, 5.41) is 3.01. The van der Waals surface area contributed by atoms with Gasteiger partial charge >= 0.3 is 0 Å². The van der Waals surface area contributed by atoms with Crippen molar-refractivity contribution in [3.05, 3.63) is 0 Å². The van der Waals surface area contributed by atoms with E-state index in [4.69, 9.17) is 4.74 Å². The highest BCUT2D eigenvalue weighted by atomic mass is 16.5. The van der Waals surface area contributed by atoms with E-state index in [0.29, 0.717) is 24.7 Å². The topological polar surface area (TPSA) is 41.6 Å². The van der Waals surface area contributed by atoms with Gasteiger partial charge in [-0.1, -0.05) is 0 Å². The van der Waals surface area contributed by atoms with Crippen LogP contribution in [0.2, 0.25) is 0 Å². The molecule has 0 saturated carbocycles. The predicted octanol–water partition coefficient (Wildman–Crippen LogP) is 0.374. The molecule has 0 spiro atoms. The number of rotatable bonds is 2. The van der Waals surface area contributed by atoms with E-state index in [1.165, 1.54) is 0 Å². The lowest BCUT2D eigenvalue weighted by Crippen LogP contribution is -2.49. The highest BCUT2D eigenvalue weighted by molar-refractivity contribution is 5.78. The Labute approximate surface area is 91.0 Å². The molecule has 15 heavy (non-hydrogen) atoms. The Kier molecular flexibility index (Phi) is 3.26. The highest BCUT2D eigenvalue weighted by Crippen LogP contribution is 2.14. The van der Waals surface area contributed by atoms with Crippen molar-refractivity contribution in [2.75, 3.05) is 19.6 Å². The first-order valence-electron chi connectivity index (χ1n) is 5.80. The lowest BCUT2D eigenvalue weighted by atomic mass is 10.1. The van der Waals surface area contributed by atoms with Crippen LogP contribution in [0.4, 0.5) is 0 Å². The maximum absolute atomic E-state index is 11.1. The zero-order chi connectivity index (χ0) is 10.8. The maximum atomic E-state index is 11.1. The molecule has 4 nitrogen and oxygen atoms in total. The summed E-state index contributed by atoms with van der Waals surface area (Å²) in [6.45, 7) is 7.16. The largest absolute Gasteiger partial charge is 0.373 e. The third-order valence-electron chi connectivity index (χ3n) is 3.06. The monoisotopic (exact) mass is 212 g/mol. The third-order valence-corrected chi connectivity index (χ3v) is 3.06. The molecule has 2 rings (SSSR count). The first-order valence-corrected chi connectivity index (χ1v) is 5.80. The molecule has 2 aliphatic rings. The summed E-state index contributed by atoms with van der Waals surface area (Å²) >= 11 is 0. The molecule has 2 heterocycles. The van der Waals surface area contributed by atoms with Crippen LogP contribution in [-0.4, -0.2) is 48.7 Å². The second-order valence-electron chi connectivity index (χ2n) is 4.78. The second kappa shape index (κ2) is 4.49. The number of hydrogen-bond acceptors (Lipinski definition) is 3. The summed E-state index contributed by atoms with van der Waals surface area (Å²) in [5.74, 6) is 0.203. The molecule has 4 heteroatoms. The van der Waals surface area contributed by atoms with Crippen LogP contribution in [0.3, 0.4) is 0 Å². The van der Waals surface area contributed by atoms with Gasteiger partial charge in [0.25, 0.3) is 0 Å². The molecule has 0 aliphatic carbocycles. The average molecular weight is 212 g/mol. The minimum atomic E-state index is 0.203. The molecule has 0 aromatic rings. The molecular weight excluding hydrogens is 192 g/mol. The van der Waals surface area contributed by atoms with Crippen LogP contribution in [0.25, 0.3) is 0 Å². The Balaban J connectivity index is 1.81. The van der Waals surface area contributed by atoms with Crippen molar-refractivity contribution in [3.63, 3.8) is 0 Å². The number of amides is 1. The van der Waals surface area contributed by atoms with Gasteiger partial charge in [-0.3, -0.25) is 9.69 Å². The molecule has 2 aliphatic heterocycles. The van der Waals surface area contributed by atoms with Crippen LogP contribution in [0.15, 0.2) is 0 Å². The molecular formula is C11H20N2O2. The minimum Gasteiger partial charge on any atom is -0.373 e. The van der Waals surface area contributed by atoms with E-state index >= 15 is 0 Å². The number of morpholine rings is 1. The quantitative estimate of drug-likeness (QED) is 0.719. The molecule has 86 valence electrons. The smallest absolute Gasteiger partial charge is 0.220 e. The summed E-state index contributed by atoms with van der Waals surface area (Å²) in [6.07, 6.45) is 2.30. The molecule has 0 aromatic heterocycles. The Bertz CT molecular complexity index is 235. The lowest BCUT2D eigenvalue weighted by Gasteiger charge is -2.36. The average Bonchev–Trinajstić information content (AvgIpc) is 2.49. The maximum Gasteiger partial charge on any atom is 0.220 e. The van der Waals surface area contributed by atoms with E-state index in [2.05, 4.69) is 24.1 Å². The van der Waals surface area contributed by atoms with E-state index in [1.807, 2.05) is 0 Å². The minimum absolute atomic E-state index is 0.203. The van der Waals surface area contributed by atoms with Crippen LogP contribution in [0, 0.1) is 0 Å². The van der Waals surface area contributed by atoms with E-state index < -0.39 is 0 Å². The number of ether oxygens (including phenoxy) is 1. The van der Waals surface area contributed by atoms with Gasteiger partial charge in [-0.05, 0) is 20.3 Å². The first-order chi connectivity index (χ1) is 7.13. The Morgan fingerprint density at radius 1 is 1.40 bits per heavy atom. The van der Waals surface area contributed by atoms with Crippen molar-refractivity contribution in [2.24, 2.45) is 0 Å². The molecule has 2 saturated heterocycles. The molecule has 3 unspecified atom stereocenters. The summed E-state index contributed by atoms with van der Waals surface area (Å²) in [7, 11) is 0. The van der Waals surface area contributed by atoms with Gasteiger partial charge in [0.2, 0.25) is 5.91 Å². The SMILES string of the molecule is CC1CN(CC2CCC(=O)N2)CC(C)O1. The number of carbonyl (C=O) groups excluding carboxylic acids is 1. The van der Waals surface area contributed by atoms with Crippen LogP contribution >= 0.6 is 0 Å². The lowest BCUT2D eigenvalue weighted by molar-refractivity contribution is -0.119. The molecule has 0 radical (unpaired) electrons. The van der Waals surface area contributed by atoms with Gasteiger partial charge in [0.15, 0.2) is 0 Å². The van der Waals surface area contributed by atoms with E-state index in [0.717, 1.165) is 26.1 Å². The number of carbonyl (C=O) groups is 1. The normalized spacial score (nSPS) is 38.0. The second-order valence-corrected chi connectivity index (χ2v) is 4.78. The van der Waals surface area contributed by atoms with Crippen LogP contribution in [0.1, 0.15) is 26.7 Å². The van der Waals surface area contributed by atoms with Gasteiger partial charge in [-0.2, -0.15) is 0 Å². The zero-order valence-corrected chi connectivity index (χ0v) is 9.53. The zero-order valence-electron chi connectivity index (χ0n) is 9.53. The van der Waals surface area contributed by atoms with E-state index in [-0.39, 0.29) is 5.91 Å². The van der Waals surface area contributed by atoms with Crippen molar-refractivity contribution < 1.29 is 9.53 Å². The van der Waals surface area contributed by atoms with Crippen molar-refractivity contribution in [1.82, 2.24) is 10.2 Å². The van der Waals surface area contributed by atoms with Gasteiger partial charge in [0.05, 0.1) is 12.2 Å². The fourth-order valence-corrected chi connectivity index (χ4v) is 2.56. The van der Waals surface area contributed by atoms with Crippen molar-refractivity contribution in [1.29, 1.82) is 0 Å². The molecule has 2 fully saturated rings. The Hall–Kier alpha value is -0.610. The highest BCUT2D eigenvalue weighted by Gasteiger charge is 2.27.